The molecule has 4 heterocycles. The Bertz CT molecular complexity index is 776. The Hall–Kier alpha value is -2.77. The predicted molar refractivity (Wildman–Crippen MR) is 79.6 cm³/mol. The van der Waals surface area contributed by atoms with E-state index in [1.54, 1.807) is 23.3 Å². The van der Waals surface area contributed by atoms with Gasteiger partial charge in [-0.25, -0.2) is 19.3 Å². The van der Waals surface area contributed by atoms with Gasteiger partial charge < -0.3 is 5.32 Å². The van der Waals surface area contributed by atoms with Crippen LogP contribution < -0.4 is 5.32 Å². The molecule has 112 valence electrons. The van der Waals surface area contributed by atoms with Crippen molar-refractivity contribution in [2.24, 2.45) is 0 Å². The van der Waals surface area contributed by atoms with Crippen LogP contribution in [0, 0.1) is 6.92 Å². The molecule has 0 aromatic carbocycles. The molecule has 0 amide bonds. The van der Waals surface area contributed by atoms with Gasteiger partial charge in [0.15, 0.2) is 5.82 Å². The Morgan fingerprint density at radius 3 is 3.09 bits per heavy atom. The maximum atomic E-state index is 4.55. The SMILES string of the molecule is Cc1nc2n(n1)C[C@@H](Nc1cncc(-n3cccn3)n1)CC2. The summed E-state index contributed by atoms with van der Waals surface area (Å²) in [5, 5.41) is 12.0. The van der Waals surface area contributed by atoms with Crippen LogP contribution >= 0.6 is 0 Å². The summed E-state index contributed by atoms with van der Waals surface area (Å²) in [5.74, 6) is 3.34. The van der Waals surface area contributed by atoms with Crippen LogP contribution in [0.25, 0.3) is 5.82 Å². The van der Waals surface area contributed by atoms with Gasteiger partial charge >= 0.3 is 0 Å². The van der Waals surface area contributed by atoms with E-state index in [0.717, 1.165) is 36.9 Å². The zero-order chi connectivity index (χ0) is 14.9. The van der Waals surface area contributed by atoms with Gasteiger partial charge in [0.1, 0.15) is 17.5 Å². The molecule has 0 saturated heterocycles. The maximum Gasteiger partial charge on any atom is 0.173 e. The Kier molecular flexibility index (Phi) is 3.06. The van der Waals surface area contributed by atoms with Crippen molar-refractivity contribution in [3.05, 3.63) is 42.5 Å². The Labute approximate surface area is 127 Å². The third-order valence-corrected chi connectivity index (χ3v) is 3.68. The summed E-state index contributed by atoms with van der Waals surface area (Å²) >= 11 is 0. The Morgan fingerprint density at radius 2 is 2.23 bits per heavy atom. The topological polar surface area (TPSA) is 86.3 Å². The van der Waals surface area contributed by atoms with Crippen molar-refractivity contribution in [2.75, 3.05) is 5.32 Å². The first-order chi connectivity index (χ1) is 10.8. The number of hydrogen-bond acceptors (Lipinski definition) is 6. The minimum absolute atomic E-state index is 0.274. The van der Waals surface area contributed by atoms with Gasteiger partial charge in [0.05, 0.1) is 18.9 Å². The van der Waals surface area contributed by atoms with Gasteiger partial charge in [0, 0.05) is 24.9 Å². The van der Waals surface area contributed by atoms with Crippen LogP contribution in [-0.2, 0) is 13.0 Å². The minimum atomic E-state index is 0.274. The number of fused-ring (bicyclic) bond motifs is 1. The molecule has 8 heteroatoms. The zero-order valence-electron chi connectivity index (χ0n) is 12.2. The van der Waals surface area contributed by atoms with Crippen LogP contribution in [0.5, 0.6) is 0 Å². The van der Waals surface area contributed by atoms with Crippen molar-refractivity contribution in [1.29, 1.82) is 0 Å². The highest BCUT2D eigenvalue weighted by Gasteiger charge is 2.21. The lowest BCUT2D eigenvalue weighted by Gasteiger charge is -2.23. The molecule has 0 fully saturated rings. The van der Waals surface area contributed by atoms with Crippen molar-refractivity contribution in [3.63, 3.8) is 0 Å². The first kappa shape index (κ1) is 12.9. The molecule has 0 spiro atoms. The molecule has 3 aromatic heterocycles. The molecule has 8 nitrogen and oxygen atoms in total. The first-order valence-electron chi connectivity index (χ1n) is 7.27. The van der Waals surface area contributed by atoms with E-state index in [-0.39, 0.29) is 6.04 Å². The van der Waals surface area contributed by atoms with E-state index in [1.165, 1.54) is 0 Å². The fourth-order valence-corrected chi connectivity index (χ4v) is 2.70. The van der Waals surface area contributed by atoms with E-state index in [1.807, 2.05) is 23.9 Å². The lowest BCUT2D eigenvalue weighted by molar-refractivity contribution is 0.440. The van der Waals surface area contributed by atoms with Crippen molar-refractivity contribution in [1.82, 2.24) is 34.5 Å². The number of hydrogen-bond donors (Lipinski definition) is 1. The van der Waals surface area contributed by atoms with Crippen molar-refractivity contribution in [2.45, 2.75) is 32.4 Å². The number of anilines is 1. The number of nitrogens with zero attached hydrogens (tertiary/aromatic N) is 7. The molecule has 0 unspecified atom stereocenters. The van der Waals surface area contributed by atoms with Gasteiger partial charge in [-0.3, -0.25) is 4.98 Å². The summed E-state index contributed by atoms with van der Waals surface area (Å²) in [6, 6.07) is 2.13. The van der Waals surface area contributed by atoms with Crippen LogP contribution in [0.15, 0.2) is 30.9 Å². The first-order valence-corrected chi connectivity index (χ1v) is 7.27. The number of aryl methyl sites for hydroxylation is 2. The van der Waals surface area contributed by atoms with E-state index >= 15 is 0 Å². The third kappa shape index (κ3) is 2.43. The molecule has 22 heavy (non-hydrogen) atoms. The van der Waals surface area contributed by atoms with Gasteiger partial charge in [0.25, 0.3) is 0 Å². The van der Waals surface area contributed by atoms with E-state index in [2.05, 4.69) is 30.5 Å². The van der Waals surface area contributed by atoms with E-state index in [9.17, 15) is 0 Å². The molecule has 3 aromatic rings. The average molecular weight is 296 g/mol. The lowest BCUT2D eigenvalue weighted by Crippen LogP contribution is -2.32. The van der Waals surface area contributed by atoms with E-state index < -0.39 is 0 Å². The average Bonchev–Trinajstić information content (AvgIpc) is 3.15. The van der Waals surface area contributed by atoms with E-state index in [0.29, 0.717) is 5.82 Å². The molecule has 1 N–H and O–H groups in total. The lowest BCUT2D eigenvalue weighted by atomic mass is 10.1. The Morgan fingerprint density at radius 1 is 1.27 bits per heavy atom. The number of aromatic nitrogens is 7. The fraction of sp³-hybridized carbons (Fsp3) is 0.357. The smallest absolute Gasteiger partial charge is 0.173 e. The van der Waals surface area contributed by atoms with Crippen molar-refractivity contribution < 1.29 is 0 Å². The normalized spacial score (nSPS) is 17.2. The zero-order valence-corrected chi connectivity index (χ0v) is 12.2. The summed E-state index contributed by atoms with van der Waals surface area (Å²) in [4.78, 5) is 13.2. The van der Waals surface area contributed by atoms with Crippen LogP contribution in [0.2, 0.25) is 0 Å². The van der Waals surface area contributed by atoms with Crippen molar-refractivity contribution >= 4 is 5.82 Å². The third-order valence-electron chi connectivity index (χ3n) is 3.68. The second-order valence-corrected chi connectivity index (χ2v) is 5.35. The van der Waals surface area contributed by atoms with Gasteiger partial charge in [-0.05, 0) is 19.4 Å². The summed E-state index contributed by atoms with van der Waals surface area (Å²) in [7, 11) is 0. The molecule has 0 saturated carbocycles. The minimum Gasteiger partial charge on any atom is -0.364 e. The quantitative estimate of drug-likeness (QED) is 0.775. The summed E-state index contributed by atoms with van der Waals surface area (Å²) in [6.07, 6.45) is 8.92. The van der Waals surface area contributed by atoms with Gasteiger partial charge in [-0.15, -0.1) is 0 Å². The second-order valence-electron chi connectivity index (χ2n) is 5.35. The van der Waals surface area contributed by atoms with Crippen LogP contribution in [0.1, 0.15) is 18.1 Å². The molecule has 0 bridgehead atoms. The van der Waals surface area contributed by atoms with Crippen LogP contribution in [-0.4, -0.2) is 40.6 Å². The highest BCUT2D eigenvalue weighted by molar-refractivity contribution is 5.36. The van der Waals surface area contributed by atoms with Crippen LogP contribution in [0.3, 0.4) is 0 Å². The summed E-state index contributed by atoms with van der Waals surface area (Å²) in [6.45, 7) is 2.72. The highest BCUT2D eigenvalue weighted by Crippen LogP contribution is 2.16. The highest BCUT2D eigenvalue weighted by atomic mass is 15.4. The summed E-state index contributed by atoms with van der Waals surface area (Å²) in [5.41, 5.74) is 0. The molecular formula is C14H16N8. The van der Waals surface area contributed by atoms with Gasteiger partial charge in [-0.2, -0.15) is 10.2 Å². The summed E-state index contributed by atoms with van der Waals surface area (Å²) < 4.78 is 3.67. The molecule has 1 aliphatic rings. The number of rotatable bonds is 3. The van der Waals surface area contributed by atoms with Gasteiger partial charge in [-0.1, -0.05) is 0 Å². The molecule has 0 aliphatic carbocycles. The number of nitrogens with one attached hydrogen (secondary N) is 1. The fourth-order valence-electron chi connectivity index (χ4n) is 2.70. The molecular weight excluding hydrogens is 280 g/mol. The van der Waals surface area contributed by atoms with Crippen LogP contribution in [0.4, 0.5) is 5.82 Å². The molecule has 0 radical (unpaired) electrons. The molecule has 1 aliphatic heterocycles. The maximum absolute atomic E-state index is 4.55. The predicted octanol–water partition coefficient (Wildman–Crippen LogP) is 0.989. The van der Waals surface area contributed by atoms with E-state index in [4.69, 9.17) is 0 Å². The second kappa shape index (κ2) is 5.21. The molecule has 4 rings (SSSR count). The van der Waals surface area contributed by atoms with Crippen molar-refractivity contribution in [3.8, 4) is 5.82 Å². The monoisotopic (exact) mass is 296 g/mol. The largest absolute Gasteiger partial charge is 0.364 e. The van der Waals surface area contributed by atoms with Gasteiger partial charge in [0.2, 0.25) is 0 Å². The Balaban J connectivity index is 1.51. The molecule has 1 atom stereocenters. The standard InChI is InChI=1S/C14H16N8/c1-10-17-13-4-3-11(9-22(13)20-10)18-12-7-15-8-14(19-12)21-6-2-5-16-21/h2,5-8,11H,3-4,9H2,1H3,(H,18,19)/t11-/m0/s1.